The van der Waals surface area contributed by atoms with Crippen molar-refractivity contribution in [3.8, 4) is 0 Å². The summed E-state index contributed by atoms with van der Waals surface area (Å²) in [6.07, 6.45) is -1.71. The van der Waals surface area contributed by atoms with Crippen LogP contribution in [0.5, 0.6) is 0 Å². The van der Waals surface area contributed by atoms with Crippen molar-refractivity contribution in [3.63, 3.8) is 0 Å². The molecule has 0 spiro atoms. The van der Waals surface area contributed by atoms with E-state index >= 15 is 0 Å². The molecule has 1 aliphatic rings. The number of hydrogen-bond donors (Lipinski definition) is 2. The van der Waals surface area contributed by atoms with E-state index in [0.717, 1.165) is 4.90 Å². The molecule has 0 radical (unpaired) electrons. The highest BCUT2D eigenvalue weighted by Gasteiger charge is 2.51. The minimum absolute atomic E-state index is 0.0996. The summed E-state index contributed by atoms with van der Waals surface area (Å²) in [5.41, 5.74) is -0.943. The summed E-state index contributed by atoms with van der Waals surface area (Å²) >= 11 is 0. The third-order valence-electron chi connectivity index (χ3n) is 5.09. The minimum Gasteiger partial charge on any atom is -0.465 e. The lowest BCUT2D eigenvalue weighted by atomic mass is 10.0. The van der Waals surface area contributed by atoms with E-state index < -0.39 is 48.2 Å². The minimum atomic E-state index is -1.25. The lowest BCUT2D eigenvalue weighted by molar-refractivity contribution is -0.133. The third-order valence-corrected chi connectivity index (χ3v) is 5.09. The molecule has 0 aliphatic carbocycles. The molecule has 0 bridgehead atoms. The summed E-state index contributed by atoms with van der Waals surface area (Å²) in [5, 5.41) is 20.1. The van der Waals surface area contributed by atoms with Crippen LogP contribution >= 0.6 is 0 Å². The SMILES string of the molecule is CCC(O)CN1C(=O)N(CC(O)COC(=O)c2cccc(C(=O)OC)c2)C(C)(C)C1=O. The van der Waals surface area contributed by atoms with Crippen molar-refractivity contribution >= 4 is 23.9 Å². The van der Waals surface area contributed by atoms with E-state index in [4.69, 9.17) is 4.74 Å². The Balaban J connectivity index is 1.99. The molecule has 170 valence electrons. The zero-order valence-corrected chi connectivity index (χ0v) is 18.0. The van der Waals surface area contributed by atoms with Crippen LogP contribution < -0.4 is 0 Å². The fourth-order valence-corrected chi connectivity index (χ4v) is 3.13. The number of amides is 3. The van der Waals surface area contributed by atoms with Gasteiger partial charge in [0.25, 0.3) is 5.91 Å². The number of ether oxygens (including phenoxy) is 2. The van der Waals surface area contributed by atoms with E-state index in [-0.39, 0.29) is 24.2 Å². The fraction of sp³-hybridized carbons (Fsp3) is 0.524. The summed E-state index contributed by atoms with van der Waals surface area (Å²) in [6, 6.07) is 5.11. The van der Waals surface area contributed by atoms with Gasteiger partial charge in [-0.2, -0.15) is 0 Å². The highest BCUT2D eigenvalue weighted by Crippen LogP contribution is 2.28. The molecule has 1 aromatic carbocycles. The number of nitrogens with zero attached hydrogens (tertiary/aromatic N) is 2. The van der Waals surface area contributed by atoms with Crippen molar-refractivity contribution in [3.05, 3.63) is 35.4 Å². The lowest BCUT2D eigenvalue weighted by Gasteiger charge is -2.29. The normalized spacial score (nSPS) is 17.5. The number of urea groups is 1. The smallest absolute Gasteiger partial charge is 0.338 e. The van der Waals surface area contributed by atoms with Gasteiger partial charge in [0.1, 0.15) is 18.2 Å². The maximum Gasteiger partial charge on any atom is 0.338 e. The highest BCUT2D eigenvalue weighted by molar-refractivity contribution is 6.06. The van der Waals surface area contributed by atoms with Crippen molar-refractivity contribution in [1.82, 2.24) is 9.80 Å². The molecule has 0 saturated carbocycles. The number of carbonyl (C=O) groups is 4. The molecule has 2 N–H and O–H groups in total. The summed E-state index contributed by atoms with van der Waals surface area (Å²) in [4.78, 5) is 51.2. The Kier molecular flexibility index (Phi) is 7.75. The molecule has 2 unspecified atom stereocenters. The van der Waals surface area contributed by atoms with Crippen molar-refractivity contribution in [2.24, 2.45) is 0 Å². The van der Waals surface area contributed by atoms with E-state index in [2.05, 4.69) is 4.74 Å². The Morgan fingerprint density at radius 1 is 1.06 bits per heavy atom. The van der Waals surface area contributed by atoms with E-state index in [1.807, 2.05) is 0 Å². The second-order valence-corrected chi connectivity index (χ2v) is 7.75. The number of imide groups is 1. The van der Waals surface area contributed by atoms with Gasteiger partial charge in [0.2, 0.25) is 0 Å². The number of carbonyl (C=O) groups excluding carboxylic acids is 4. The summed E-state index contributed by atoms with van der Waals surface area (Å²) in [7, 11) is 1.22. The van der Waals surface area contributed by atoms with Gasteiger partial charge < -0.3 is 24.6 Å². The Bertz CT molecular complexity index is 854. The number of esters is 2. The summed E-state index contributed by atoms with van der Waals surface area (Å²) in [5.74, 6) is -1.85. The average Bonchev–Trinajstić information content (AvgIpc) is 2.91. The molecule has 3 amide bonds. The second kappa shape index (κ2) is 9.88. The Morgan fingerprint density at radius 3 is 2.26 bits per heavy atom. The van der Waals surface area contributed by atoms with Crippen LogP contribution in [0.25, 0.3) is 0 Å². The van der Waals surface area contributed by atoms with Crippen molar-refractivity contribution in [1.29, 1.82) is 0 Å². The number of hydrogen-bond acceptors (Lipinski definition) is 8. The van der Waals surface area contributed by atoms with Gasteiger partial charge in [0.15, 0.2) is 0 Å². The lowest BCUT2D eigenvalue weighted by Crippen LogP contribution is -2.48. The first-order chi connectivity index (χ1) is 14.5. The van der Waals surface area contributed by atoms with Gasteiger partial charge in [-0.25, -0.2) is 14.4 Å². The van der Waals surface area contributed by atoms with Crippen molar-refractivity contribution in [2.45, 2.75) is 44.9 Å². The van der Waals surface area contributed by atoms with Gasteiger partial charge in [0, 0.05) is 0 Å². The van der Waals surface area contributed by atoms with Crippen LogP contribution in [0, 0.1) is 0 Å². The van der Waals surface area contributed by atoms with E-state index in [0.29, 0.717) is 6.42 Å². The van der Waals surface area contributed by atoms with Gasteiger partial charge in [-0.1, -0.05) is 13.0 Å². The first-order valence-electron chi connectivity index (χ1n) is 9.88. The number of benzene rings is 1. The number of rotatable bonds is 9. The molecule has 10 heteroatoms. The van der Waals surface area contributed by atoms with Gasteiger partial charge in [0.05, 0.1) is 37.4 Å². The maximum atomic E-state index is 12.7. The van der Waals surface area contributed by atoms with Gasteiger partial charge in [-0.3, -0.25) is 9.69 Å². The second-order valence-electron chi connectivity index (χ2n) is 7.75. The Morgan fingerprint density at radius 2 is 1.68 bits per heavy atom. The molecular formula is C21H28N2O8. The quantitative estimate of drug-likeness (QED) is 0.429. The van der Waals surface area contributed by atoms with Crippen LogP contribution in [0.3, 0.4) is 0 Å². The zero-order valence-electron chi connectivity index (χ0n) is 18.0. The molecule has 10 nitrogen and oxygen atoms in total. The molecule has 1 saturated heterocycles. The molecule has 0 aromatic heterocycles. The highest BCUT2D eigenvalue weighted by atomic mass is 16.5. The van der Waals surface area contributed by atoms with Crippen LogP contribution in [0.15, 0.2) is 24.3 Å². The van der Waals surface area contributed by atoms with E-state index in [1.165, 1.54) is 36.3 Å². The van der Waals surface area contributed by atoms with Crippen molar-refractivity contribution < 1.29 is 38.9 Å². The Labute approximate surface area is 180 Å². The van der Waals surface area contributed by atoms with Gasteiger partial charge in [-0.15, -0.1) is 0 Å². The Hall–Kier alpha value is -2.98. The maximum absolute atomic E-state index is 12.7. The third kappa shape index (κ3) is 5.39. The van der Waals surface area contributed by atoms with E-state index in [1.54, 1.807) is 20.8 Å². The standard InChI is InChI=1S/C21H28N2O8/c1-5-15(24)10-22-19(28)21(2,3)23(20(22)29)11-16(25)12-31-18(27)14-8-6-7-13(9-14)17(26)30-4/h6-9,15-16,24-25H,5,10-12H2,1-4H3. The number of β-amino-alcohol motifs (C(OH)–C–C–N with tert-alkyl or cyclic N) is 2. The molecule has 2 atom stereocenters. The number of methoxy groups -OCH3 is 1. The zero-order chi connectivity index (χ0) is 23.3. The first-order valence-corrected chi connectivity index (χ1v) is 9.88. The number of aliphatic hydroxyl groups is 2. The van der Waals surface area contributed by atoms with Crippen LogP contribution in [0.2, 0.25) is 0 Å². The molecule has 1 fully saturated rings. The number of aliphatic hydroxyl groups excluding tert-OH is 2. The molecule has 31 heavy (non-hydrogen) atoms. The molecule has 1 heterocycles. The monoisotopic (exact) mass is 436 g/mol. The topological polar surface area (TPSA) is 134 Å². The molecule has 1 aromatic rings. The predicted molar refractivity (Wildman–Crippen MR) is 108 cm³/mol. The summed E-state index contributed by atoms with van der Waals surface area (Å²) < 4.78 is 9.70. The molecule has 2 rings (SSSR count). The van der Waals surface area contributed by atoms with E-state index in [9.17, 15) is 29.4 Å². The van der Waals surface area contributed by atoms with Gasteiger partial charge in [-0.05, 0) is 38.5 Å². The van der Waals surface area contributed by atoms with Crippen LogP contribution in [0.1, 0.15) is 47.9 Å². The van der Waals surface area contributed by atoms with Crippen molar-refractivity contribution in [2.75, 3.05) is 26.8 Å². The van der Waals surface area contributed by atoms with Crippen LogP contribution in [-0.2, 0) is 14.3 Å². The van der Waals surface area contributed by atoms with Crippen LogP contribution in [-0.4, -0.2) is 88.4 Å². The van der Waals surface area contributed by atoms with Gasteiger partial charge >= 0.3 is 18.0 Å². The summed E-state index contributed by atoms with van der Waals surface area (Å²) in [6.45, 7) is 4.02. The fourth-order valence-electron chi connectivity index (χ4n) is 3.13. The molecular weight excluding hydrogens is 408 g/mol. The largest absolute Gasteiger partial charge is 0.465 e. The molecule has 1 aliphatic heterocycles. The average molecular weight is 436 g/mol. The van der Waals surface area contributed by atoms with Crippen LogP contribution in [0.4, 0.5) is 4.79 Å². The first kappa shape index (κ1) is 24.3. The predicted octanol–water partition coefficient (Wildman–Crippen LogP) is 0.805.